The van der Waals surface area contributed by atoms with Crippen LogP contribution in [0.15, 0.2) is 6.07 Å². The predicted molar refractivity (Wildman–Crippen MR) is 211 cm³/mol. The Bertz CT molecular complexity index is 685. The highest BCUT2D eigenvalue weighted by atomic mass is 14.9. The van der Waals surface area contributed by atoms with Gasteiger partial charge in [-0.25, -0.2) is 9.97 Å². The van der Waals surface area contributed by atoms with Gasteiger partial charge in [0.2, 0.25) is 0 Å². The second-order valence-corrected chi connectivity index (χ2v) is 15.3. The van der Waals surface area contributed by atoms with Gasteiger partial charge in [0.1, 0.15) is 5.82 Å². The van der Waals surface area contributed by atoms with E-state index in [1.165, 1.54) is 243 Å². The quantitative estimate of drug-likeness (QED) is 0.0664. The van der Waals surface area contributed by atoms with E-state index in [1.807, 2.05) is 0 Å². The molecule has 0 saturated carbocycles. The third-order valence-electron chi connectivity index (χ3n) is 10.5. The normalized spacial score (nSPS) is 11.6. The molecule has 2 nitrogen and oxygen atoms in total. The molecule has 0 amide bonds. The van der Waals surface area contributed by atoms with Crippen molar-refractivity contribution >= 4 is 0 Å². The van der Waals surface area contributed by atoms with Crippen molar-refractivity contribution in [1.29, 1.82) is 0 Å². The molecule has 2 heteroatoms. The van der Waals surface area contributed by atoms with Crippen molar-refractivity contribution in [3.05, 3.63) is 30.2 Å². The summed E-state index contributed by atoms with van der Waals surface area (Å²) in [5.74, 6) is 0.724. The molecule has 275 valence electrons. The summed E-state index contributed by atoms with van der Waals surface area (Å²) in [6, 6.07) is 2.27. The minimum Gasteiger partial charge on any atom is -0.238 e. The summed E-state index contributed by atoms with van der Waals surface area (Å²) in [4.78, 5) is 9.31. The Morgan fingerprint density at radius 2 is 0.511 bits per heavy atom. The first-order chi connectivity index (χ1) is 23.3. The summed E-state index contributed by atoms with van der Waals surface area (Å²) < 4.78 is 0. The average Bonchev–Trinajstić information content (AvgIpc) is 3.07. The molecule has 1 heterocycles. The summed E-state index contributed by atoms with van der Waals surface area (Å²) >= 11 is 0. The summed E-state index contributed by atoms with van der Waals surface area (Å²) in [6.07, 6.45) is 53.6. The van der Waals surface area contributed by atoms with Gasteiger partial charge >= 0.3 is 0 Å². The number of aromatic nitrogens is 2. The van der Waals surface area contributed by atoms with E-state index in [4.69, 9.17) is 0 Å². The molecular formula is C45H85N2. The fourth-order valence-electron chi connectivity index (χ4n) is 7.29. The molecule has 1 aromatic rings. The molecule has 0 aliphatic heterocycles. The predicted octanol–water partition coefficient (Wildman–Crippen LogP) is 15.8. The van der Waals surface area contributed by atoms with E-state index in [-0.39, 0.29) is 0 Å². The van der Waals surface area contributed by atoms with E-state index in [2.05, 4.69) is 36.8 Å². The highest BCUT2D eigenvalue weighted by molar-refractivity contribution is 5.13. The maximum atomic E-state index is 4.66. The second kappa shape index (κ2) is 36.4. The molecule has 0 fully saturated rings. The number of aryl methyl sites for hydroxylation is 2. The monoisotopic (exact) mass is 654 g/mol. The molecule has 0 aliphatic carbocycles. The Kier molecular flexibility index (Phi) is 34.1. The molecule has 1 radical (unpaired) electrons. The van der Waals surface area contributed by atoms with Gasteiger partial charge in [-0.1, -0.05) is 232 Å². The second-order valence-electron chi connectivity index (χ2n) is 15.3. The molecule has 1 aromatic heterocycles. The molecule has 0 bridgehead atoms. The van der Waals surface area contributed by atoms with E-state index in [9.17, 15) is 0 Å². The van der Waals surface area contributed by atoms with Crippen molar-refractivity contribution in [2.45, 2.75) is 258 Å². The molecule has 0 N–H and O–H groups in total. The lowest BCUT2D eigenvalue weighted by Gasteiger charge is -2.07. The highest BCUT2D eigenvalue weighted by Gasteiger charge is 2.04. The Labute approximate surface area is 297 Å². The number of hydrogen-bond acceptors (Lipinski definition) is 2. The third-order valence-corrected chi connectivity index (χ3v) is 10.5. The van der Waals surface area contributed by atoms with E-state index in [0.29, 0.717) is 0 Å². The van der Waals surface area contributed by atoms with Gasteiger partial charge in [-0.15, -0.1) is 0 Å². The maximum absolute atomic E-state index is 4.66. The van der Waals surface area contributed by atoms with Crippen LogP contribution in [0.25, 0.3) is 0 Å². The lowest BCUT2D eigenvalue weighted by Crippen LogP contribution is -2.01. The van der Waals surface area contributed by atoms with E-state index in [0.717, 1.165) is 18.7 Å². The molecule has 0 spiro atoms. The van der Waals surface area contributed by atoms with Crippen LogP contribution in [-0.4, -0.2) is 9.97 Å². The van der Waals surface area contributed by atoms with Crippen LogP contribution in [0.1, 0.15) is 262 Å². The van der Waals surface area contributed by atoms with Crippen molar-refractivity contribution in [3.63, 3.8) is 0 Å². The fourth-order valence-corrected chi connectivity index (χ4v) is 7.29. The first-order valence-corrected chi connectivity index (χ1v) is 21.9. The minimum atomic E-state index is 0.724. The zero-order chi connectivity index (χ0) is 33.7. The van der Waals surface area contributed by atoms with Gasteiger partial charge in [-0.3, -0.25) is 0 Å². The highest BCUT2D eigenvalue weighted by Crippen LogP contribution is 2.17. The molecule has 0 unspecified atom stereocenters. The zero-order valence-corrected chi connectivity index (χ0v) is 32.5. The van der Waals surface area contributed by atoms with E-state index >= 15 is 0 Å². The topological polar surface area (TPSA) is 25.8 Å². The summed E-state index contributed by atoms with van der Waals surface area (Å²) in [7, 11) is 0. The van der Waals surface area contributed by atoms with Gasteiger partial charge in [0, 0.05) is 18.3 Å². The van der Waals surface area contributed by atoms with Crippen LogP contribution in [0.2, 0.25) is 0 Å². The van der Waals surface area contributed by atoms with Crippen LogP contribution in [0, 0.1) is 6.92 Å². The number of unbranched alkanes of at least 4 members (excludes halogenated alkanes) is 34. The SMILES string of the molecule is [CH2]c1nc(CCCCCCCCCCCCCCCCCCCC)cc(CCCCCCCCCCCCCCCCCCCC)n1. The lowest BCUT2D eigenvalue weighted by atomic mass is 10.0. The molecule has 0 aliphatic rings. The summed E-state index contributed by atoms with van der Waals surface area (Å²) in [5.41, 5.74) is 2.44. The van der Waals surface area contributed by atoms with Crippen molar-refractivity contribution in [2.24, 2.45) is 0 Å². The van der Waals surface area contributed by atoms with Crippen LogP contribution < -0.4 is 0 Å². The van der Waals surface area contributed by atoms with Crippen molar-refractivity contribution in [3.8, 4) is 0 Å². The third kappa shape index (κ3) is 32.1. The fraction of sp³-hybridized carbons (Fsp3) is 0.889. The Balaban J connectivity index is 1.88. The first kappa shape index (κ1) is 44.1. The lowest BCUT2D eigenvalue weighted by molar-refractivity contribution is 0.524. The zero-order valence-electron chi connectivity index (χ0n) is 32.5. The largest absolute Gasteiger partial charge is 0.238 e. The molecule has 0 aromatic carbocycles. The minimum absolute atomic E-state index is 0.724. The molecule has 1 rings (SSSR count). The summed E-state index contributed by atoms with van der Waals surface area (Å²) in [6.45, 7) is 8.69. The van der Waals surface area contributed by atoms with E-state index < -0.39 is 0 Å². The molecule has 0 atom stereocenters. The maximum Gasteiger partial charge on any atom is 0.129 e. The Morgan fingerprint density at radius 3 is 0.723 bits per heavy atom. The first-order valence-electron chi connectivity index (χ1n) is 21.9. The van der Waals surface area contributed by atoms with Crippen molar-refractivity contribution in [1.82, 2.24) is 9.97 Å². The molecule has 47 heavy (non-hydrogen) atoms. The molecule has 0 saturated heterocycles. The molecular weight excluding hydrogens is 569 g/mol. The number of rotatable bonds is 38. The van der Waals surface area contributed by atoms with Crippen LogP contribution in [-0.2, 0) is 12.8 Å². The van der Waals surface area contributed by atoms with Crippen LogP contribution in [0.4, 0.5) is 0 Å². The Hall–Kier alpha value is -0.920. The summed E-state index contributed by atoms with van der Waals surface area (Å²) in [5, 5.41) is 0. The Morgan fingerprint density at radius 1 is 0.319 bits per heavy atom. The average molecular weight is 654 g/mol. The van der Waals surface area contributed by atoms with Crippen LogP contribution in [0.3, 0.4) is 0 Å². The van der Waals surface area contributed by atoms with E-state index in [1.54, 1.807) is 0 Å². The van der Waals surface area contributed by atoms with Gasteiger partial charge in [0.05, 0.1) is 0 Å². The van der Waals surface area contributed by atoms with Gasteiger partial charge in [-0.05, 0) is 31.7 Å². The van der Waals surface area contributed by atoms with Gasteiger partial charge in [0.25, 0.3) is 0 Å². The standard InChI is InChI=1S/C45H85N2/c1-4-6-8-10-12-14-16-18-20-22-24-26-28-30-32-34-36-38-40-44-42-45(47-43(3)46-44)41-39-37-35-33-31-29-27-25-23-21-19-17-15-13-11-9-7-5-2/h42H,3-41H2,1-2H3. The van der Waals surface area contributed by atoms with Crippen molar-refractivity contribution < 1.29 is 0 Å². The smallest absolute Gasteiger partial charge is 0.129 e. The van der Waals surface area contributed by atoms with Crippen LogP contribution in [0.5, 0.6) is 0 Å². The van der Waals surface area contributed by atoms with Gasteiger partial charge in [-0.2, -0.15) is 0 Å². The number of hydrogen-bond donors (Lipinski definition) is 0. The van der Waals surface area contributed by atoms with Crippen LogP contribution >= 0.6 is 0 Å². The van der Waals surface area contributed by atoms with Crippen molar-refractivity contribution in [2.75, 3.05) is 0 Å². The number of nitrogens with zero attached hydrogens (tertiary/aromatic N) is 2. The van der Waals surface area contributed by atoms with Gasteiger partial charge < -0.3 is 0 Å². The van der Waals surface area contributed by atoms with Gasteiger partial charge in [0.15, 0.2) is 0 Å².